The monoisotopic (exact) mass is 552 g/mol. The highest BCUT2D eigenvalue weighted by atomic mass is 29.3. The number of rotatable bonds is 10. The molecule has 0 fully saturated rings. The Bertz CT molecular complexity index is 450. The summed E-state index contributed by atoms with van der Waals surface area (Å²) < 4.78 is 0. The maximum Gasteiger partial charge on any atom is 0.0414 e. The van der Waals surface area contributed by atoms with Crippen LogP contribution in [0, 0.1) is 0 Å². The Hall–Kier alpha value is 1.74. The van der Waals surface area contributed by atoms with Crippen molar-refractivity contribution in [1.82, 2.24) is 0 Å². The van der Waals surface area contributed by atoms with E-state index in [1.54, 1.807) is 22.7 Å². The molecular weight excluding hydrogens is 489 g/mol. The number of hydrogen-bond donors (Lipinski definition) is 0. The summed E-state index contributed by atoms with van der Waals surface area (Å²) in [5.41, 5.74) is 6.66. The molecule has 0 saturated heterocycles. The van der Waals surface area contributed by atoms with Crippen molar-refractivity contribution in [2.45, 2.75) is 141 Å². The van der Waals surface area contributed by atoms with Crippen molar-refractivity contribution in [1.29, 1.82) is 0 Å². The maximum atomic E-state index is 2.78. The minimum absolute atomic E-state index is 0.167. The smallest absolute Gasteiger partial charge is 0.0414 e. The van der Waals surface area contributed by atoms with E-state index < -0.39 is 46.5 Å². The van der Waals surface area contributed by atoms with Crippen LogP contribution in [0.4, 0.5) is 0 Å². The SMILES string of the molecule is C[SiH](C)C[SiH](C)C.C[Si](C)(C)C[Si](C)(C)[Si](C)(C)C[Si](C)(C)[Si](C)(C)C[Si](C)(C)C. The summed E-state index contributed by atoms with van der Waals surface area (Å²) in [6.45, 7) is 47.5. The van der Waals surface area contributed by atoms with Gasteiger partial charge in [-0.05, 0) is 0 Å². The highest BCUT2D eigenvalue weighted by molar-refractivity contribution is 7.52. The summed E-state index contributed by atoms with van der Waals surface area (Å²) in [7, 11) is -6.44. The predicted octanol–water partition coefficient (Wildman–Crippen LogP) is 8.77. The fraction of sp³-hybridized carbons (Fsp3) is 1.00. The molecule has 30 heavy (non-hydrogen) atoms. The average Bonchev–Trinajstić information content (AvgIpc) is 2.29. The van der Waals surface area contributed by atoms with Crippen LogP contribution in [0.2, 0.25) is 141 Å². The van der Waals surface area contributed by atoms with Crippen LogP contribution < -0.4 is 0 Å². The summed E-state index contributed by atoms with van der Waals surface area (Å²) >= 11 is 0. The maximum absolute atomic E-state index is 2.78. The fourth-order valence-electron chi connectivity index (χ4n) is 5.66. The third-order valence-corrected chi connectivity index (χ3v) is 73.3. The second kappa shape index (κ2) is 11.9. The first-order valence-electron chi connectivity index (χ1n) is 12.7. The summed E-state index contributed by atoms with van der Waals surface area (Å²) in [6, 6.07) is 0. The van der Waals surface area contributed by atoms with Gasteiger partial charge in [0.25, 0.3) is 0 Å². The lowest BCUT2D eigenvalue weighted by molar-refractivity contribution is 1.49. The first-order valence-corrected chi connectivity index (χ1v) is 41.2. The van der Waals surface area contributed by atoms with Crippen molar-refractivity contribution < 1.29 is 0 Å². The van der Waals surface area contributed by atoms with Gasteiger partial charge >= 0.3 is 0 Å². The van der Waals surface area contributed by atoms with Gasteiger partial charge in [0.2, 0.25) is 0 Å². The standard InChI is InChI=1S/C17H48Si6.C5H16Si2/c1-18(2,3)15-20(7,8)22(11,12)17-23(13,14)21(9,10)16-19(4,5)6;1-6(2)5-7(3)4/h15-17H2,1-14H3;6-7H,5H2,1-4H3. The molecule has 0 saturated carbocycles. The quantitative estimate of drug-likeness (QED) is 0.237. The van der Waals surface area contributed by atoms with Crippen LogP contribution in [0.25, 0.3) is 0 Å². The lowest BCUT2D eigenvalue weighted by Gasteiger charge is -2.50. The van der Waals surface area contributed by atoms with Crippen LogP contribution in [-0.4, -0.2) is 64.1 Å². The summed E-state index contributed by atoms with van der Waals surface area (Å²) in [5, 5.41) is 0. The molecule has 0 atom stereocenters. The highest BCUT2D eigenvalue weighted by Crippen LogP contribution is 2.39. The van der Waals surface area contributed by atoms with Gasteiger partial charge in [0.05, 0.1) is 0 Å². The van der Waals surface area contributed by atoms with Crippen LogP contribution in [0.5, 0.6) is 0 Å². The van der Waals surface area contributed by atoms with Crippen molar-refractivity contribution in [3.8, 4) is 0 Å². The van der Waals surface area contributed by atoms with E-state index in [2.05, 4.69) is 118 Å². The van der Waals surface area contributed by atoms with Gasteiger partial charge in [0, 0.05) is 64.1 Å². The first kappa shape index (κ1) is 33.9. The van der Waals surface area contributed by atoms with Crippen molar-refractivity contribution in [2.75, 3.05) is 0 Å². The third-order valence-electron chi connectivity index (χ3n) is 7.44. The molecule has 0 heterocycles. The van der Waals surface area contributed by atoms with Gasteiger partial charge in [-0.1, -0.05) is 141 Å². The molecule has 0 aromatic carbocycles. The van der Waals surface area contributed by atoms with E-state index >= 15 is 0 Å². The molecule has 0 rings (SSSR count). The van der Waals surface area contributed by atoms with E-state index in [0.29, 0.717) is 0 Å². The largest absolute Gasteiger partial charge is 0.0724 e. The Labute approximate surface area is 203 Å². The van der Waals surface area contributed by atoms with E-state index in [-0.39, 0.29) is 17.6 Å². The summed E-state index contributed by atoms with van der Waals surface area (Å²) in [6.07, 6.45) is 0. The van der Waals surface area contributed by atoms with E-state index in [0.717, 1.165) is 0 Å². The van der Waals surface area contributed by atoms with Gasteiger partial charge in [0.1, 0.15) is 0 Å². The van der Waals surface area contributed by atoms with Gasteiger partial charge < -0.3 is 0 Å². The Kier molecular flexibility index (Phi) is 13.5. The predicted molar refractivity (Wildman–Crippen MR) is 174 cm³/mol. The molecule has 0 aromatic heterocycles. The van der Waals surface area contributed by atoms with Gasteiger partial charge in [-0.25, -0.2) is 0 Å². The van der Waals surface area contributed by atoms with E-state index in [1.165, 1.54) is 0 Å². The summed E-state index contributed by atoms with van der Waals surface area (Å²) in [4.78, 5) is 0. The summed E-state index contributed by atoms with van der Waals surface area (Å²) in [5.74, 6) is 0. The van der Waals surface area contributed by atoms with Crippen LogP contribution in [-0.2, 0) is 0 Å². The second-order valence-corrected chi connectivity index (χ2v) is 69.5. The van der Waals surface area contributed by atoms with E-state index in [1.807, 2.05) is 0 Å². The molecule has 0 radical (unpaired) electrons. The van der Waals surface area contributed by atoms with Crippen LogP contribution in [0.1, 0.15) is 0 Å². The molecule has 0 N–H and O–H groups in total. The molecule has 0 aliphatic heterocycles. The van der Waals surface area contributed by atoms with Crippen molar-refractivity contribution >= 4 is 64.1 Å². The highest BCUT2D eigenvalue weighted by Gasteiger charge is 2.51. The van der Waals surface area contributed by atoms with Gasteiger partial charge in [0.15, 0.2) is 0 Å². The fourth-order valence-corrected chi connectivity index (χ4v) is 87.2. The lowest BCUT2D eigenvalue weighted by atomic mass is 11.7. The van der Waals surface area contributed by atoms with Crippen LogP contribution in [0.3, 0.4) is 0 Å². The molecule has 0 spiro atoms. The molecule has 0 aliphatic rings. The first-order chi connectivity index (χ1) is 12.7. The minimum atomic E-state index is -1.08. The van der Waals surface area contributed by atoms with Gasteiger partial charge in [-0.2, -0.15) is 0 Å². The zero-order valence-corrected chi connectivity index (χ0v) is 33.3. The molecule has 0 nitrogen and oxygen atoms in total. The lowest BCUT2D eigenvalue weighted by Crippen LogP contribution is -2.67. The number of hydrogen-bond acceptors (Lipinski definition) is 0. The molecule has 0 unspecified atom stereocenters. The Balaban J connectivity index is 0. The molecular formula is C22H64Si8. The van der Waals surface area contributed by atoms with Crippen LogP contribution >= 0.6 is 0 Å². The van der Waals surface area contributed by atoms with Crippen LogP contribution in [0.15, 0.2) is 0 Å². The topological polar surface area (TPSA) is 0 Å². The Morgan fingerprint density at radius 2 is 0.567 bits per heavy atom. The third kappa shape index (κ3) is 14.1. The minimum Gasteiger partial charge on any atom is -0.0724 e. The van der Waals surface area contributed by atoms with Gasteiger partial charge in [-0.3, -0.25) is 0 Å². The molecule has 0 aromatic rings. The van der Waals surface area contributed by atoms with E-state index in [4.69, 9.17) is 0 Å². The molecule has 8 heteroatoms. The molecule has 0 bridgehead atoms. The zero-order valence-electron chi connectivity index (χ0n) is 25.0. The molecule has 0 amide bonds. The zero-order chi connectivity index (χ0) is 25.0. The van der Waals surface area contributed by atoms with Crippen molar-refractivity contribution in [2.24, 2.45) is 0 Å². The van der Waals surface area contributed by atoms with E-state index in [9.17, 15) is 0 Å². The molecule has 0 aliphatic carbocycles. The normalized spacial score (nSPS) is 14.8. The Morgan fingerprint density at radius 3 is 0.700 bits per heavy atom. The van der Waals surface area contributed by atoms with Crippen molar-refractivity contribution in [3.63, 3.8) is 0 Å². The second-order valence-electron chi connectivity index (χ2n) is 16.2. The Morgan fingerprint density at radius 1 is 0.367 bits per heavy atom. The van der Waals surface area contributed by atoms with Crippen molar-refractivity contribution in [3.05, 3.63) is 0 Å². The molecule has 184 valence electrons. The van der Waals surface area contributed by atoms with Gasteiger partial charge in [-0.15, -0.1) is 0 Å². The average molecular weight is 553 g/mol.